The molecule has 0 atom stereocenters. The number of thiophene rings is 1. The van der Waals surface area contributed by atoms with Crippen molar-refractivity contribution in [2.75, 3.05) is 0 Å². The van der Waals surface area contributed by atoms with E-state index in [1.54, 1.807) is 11.6 Å². The molecule has 0 unspecified atom stereocenters. The maximum Gasteiger partial charge on any atom is 0.250 e. The minimum atomic E-state index is -3.45. The van der Waals surface area contributed by atoms with Gasteiger partial charge in [0.2, 0.25) is 10.0 Å². The fraction of sp³-hybridized carbons (Fsp3) is 0.417. The lowest BCUT2D eigenvalue weighted by atomic mass is 10.4. The van der Waals surface area contributed by atoms with Gasteiger partial charge in [-0.1, -0.05) is 13.8 Å². The second-order valence-electron chi connectivity index (χ2n) is 4.56. The summed E-state index contributed by atoms with van der Waals surface area (Å²) in [6.07, 6.45) is 0. The number of sulfonamides is 1. The van der Waals surface area contributed by atoms with Crippen molar-refractivity contribution in [3.8, 4) is 0 Å². The summed E-state index contributed by atoms with van der Waals surface area (Å²) in [6.45, 7) is 5.02. The van der Waals surface area contributed by atoms with Crippen molar-refractivity contribution in [3.05, 3.63) is 33.6 Å². The highest BCUT2D eigenvalue weighted by Gasteiger charge is 2.16. The number of aromatic nitrogens is 1. The van der Waals surface area contributed by atoms with Gasteiger partial charge in [0.15, 0.2) is 0 Å². The van der Waals surface area contributed by atoms with Crippen molar-refractivity contribution in [3.63, 3.8) is 0 Å². The predicted molar refractivity (Wildman–Crippen MR) is 82.4 cm³/mol. The highest BCUT2D eigenvalue weighted by atomic mass is 32.2. The van der Waals surface area contributed by atoms with E-state index in [4.69, 9.17) is 0 Å². The van der Waals surface area contributed by atoms with E-state index >= 15 is 0 Å². The zero-order valence-electron chi connectivity index (χ0n) is 11.3. The summed E-state index contributed by atoms with van der Waals surface area (Å²) in [5.41, 5.74) is 2.42. The van der Waals surface area contributed by atoms with Crippen molar-refractivity contribution < 1.29 is 8.42 Å². The lowest BCUT2D eigenvalue weighted by Gasteiger charge is -2.05. The first-order valence-electron chi connectivity index (χ1n) is 6.16. The van der Waals surface area contributed by atoms with E-state index in [0.29, 0.717) is 16.8 Å². The molecule has 0 saturated carbocycles. The highest BCUT2D eigenvalue weighted by Crippen LogP contribution is 2.21. The van der Waals surface area contributed by atoms with Crippen LogP contribution in [0.15, 0.2) is 27.2 Å². The van der Waals surface area contributed by atoms with Gasteiger partial charge in [0.05, 0.1) is 17.7 Å². The third-order valence-corrected chi connectivity index (χ3v) is 6.13. The zero-order chi connectivity index (χ0) is 14.6. The minimum absolute atomic E-state index is 0.226. The fourth-order valence-electron chi connectivity index (χ4n) is 1.47. The van der Waals surface area contributed by atoms with Gasteiger partial charge in [-0.15, -0.1) is 22.7 Å². The average molecular weight is 331 g/mol. The molecule has 8 heteroatoms. The average Bonchev–Trinajstić information content (AvgIpc) is 3.05. The van der Waals surface area contributed by atoms with Crippen molar-refractivity contribution in [1.82, 2.24) is 15.0 Å². The van der Waals surface area contributed by atoms with Crippen LogP contribution in [0.1, 0.15) is 24.4 Å². The Labute approximate surface area is 127 Å². The number of nitrogens with one attached hydrogen (secondary N) is 2. The molecule has 20 heavy (non-hydrogen) atoms. The summed E-state index contributed by atoms with van der Waals surface area (Å²) in [7, 11) is -3.45. The Morgan fingerprint density at radius 2 is 2.10 bits per heavy atom. The van der Waals surface area contributed by atoms with E-state index in [-0.39, 0.29) is 6.54 Å². The molecule has 2 aromatic rings. The number of hydrogen-bond donors (Lipinski definition) is 2. The molecule has 0 saturated heterocycles. The SMILES string of the molecule is CC(C)NCc1ccc(S(=O)(=O)NCc2cscn2)s1. The number of hydrogen-bond acceptors (Lipinski definition) is 6. The Kier molecular flexibility index (Phi) is 5.28. The number of thiazole rings is 1. The first-order chi connectivity index (χ1) is 9.47. The van der Waals surface area contributed by atoms with Gasteiger partial charge in [-0.2, -0.15) is 0 Å². The van der Waals surface area contributed by atoms with Gasteiger partial charge < -0.3 is 5.32 Å². The molecule has 2 heterocycles. The molecule has 110 valence electrons. The van der Waals surface area contributed by atoms with Crippen LogP contribution in [0.25, 0.3) is 0 Å². The molecule has 5 nitrogen and oxygen atoms in total. The van der Waals surface area contributed by atoms with Crippen LogP contribution >= 0.6 is 22.7 Å². The summed E-state index contributed by atoms with van der Waals surface area (Å²) in [4.78, 5) is 5.06. The second-order valence-corrected chi connectivity index (χ2v) is 8.44. The van der Waals surface area contributed by atoms with E-state index in [9.17, 15) is 8.42 Å². The maximum atomic E-state index is 12.1. The Balaban J connectivity index is 1.98. The van der Waals surface area contributed by atoms with Crippen LogP contribution < -0.4 is 10.0 Å². The monoisotopic (exact) mass is 331 g/mol. The Hall–Kier alpha value is -0.800. The van der Waals surface area contributed by atoms with E-state index in [2.05, 4.69) is 28.9 Å². The molecule has 0 bridgehead atoms. The largest absolute Gasteiger partial charge is 0.310 e. The molecule has 0 amide bonds. The lowest BCUT2D eigenvalue weighted by Crippen LogP contribution is -2.22. The molecule has 0 radical (unpaired) electrons. The molecule has 0 aliphatic carbocycles. The first-order valence-corrected chi connectivity index (χ1v) is 9.40. The van der Waals surface area contributed by atoms with Crippen molar-refractivity contribution in [2.45, 2.75) is 37.2 Å². The van der Waals surface area contributed by atoms with Crippen molar-refractivity contribution in [1.29, 1.82) is 0 Å². The zero-order valence-corrected chi connectivity index (χ0v) is 13.7. The standard InChI is InChI=1S/C12H17N3O2S3/c1-9(2)13-6-11-3-4-12(19-11)20(16,17)15-5-10-7-18-8-14-10/h3-4,7-9,13,15H,5-6H2,1-2H3. The molecule has 2 rings (SSSR count). The molecular weight excluding hydrogens is 314 g/mol. The predicted octanol–water partition coefficient (Wildman–Crippen LogP) is 2.18. The second kappa shape index (κ2) is 6.77. The van der Waals surface area contributed by atoms with Gasteiger partial charge >= 0.3 is 0 Å². The van der Waals surface area contributed by atoms with E-state index in [1.807, 2.05) is 11.4 Å². The van der Waals surface area contributed by atoms with Crippen LogP contribution in [0.5, 0.6) is 0 Å². The Morgan fingerprint density at radius 1 is 1.30 bits per heavy atom. The molecule has 0 aliphatic heterocycles. The summed E-state index contributed by atoms with van der Waals surface area (Å²) >= 11 is 2.74. The van der Waals surface area contributed by atoms with E-state index in [0.717, 1.165) is 10.6 Å². The van der Waals surface area contributed by atoms with Gasteiger partial charge in [-0.3, -0.25) is 0 Å². The van der Waals surface area contributed by atoms with Gasteiger partial charge in [0, 0.05) is 22.8 Å². The summed E-state index contributed by atoms with van der Waals surface area (Å²) < 4.78 is 27.2. The van der Waals surface area contributed by atoms with Gasteiger partial charge in [0.25, 0.3) is 0 Å². The highest BCUT2D eigenvalue weighted by molar-refractivity contribution is 7.91. The van der Waals surface area contributed by atoms with Crippen LogP contribution in [0.4, 0.5) is 0 Å². The van der Waals surface area contributed by atoms with Crippen molar-refractivity contribution >= 4 is 32.7 Å². The molecule has 0 fully saturated rings. The Morgan fingerprint density at radius 3 is 2.75 bits per heavy atom. The number of rotatable bonds is 7. The van der Waals surface area contributed by atoms with Crippen LogP contribution in [0, 0.1) is 0 Å². The smallest absolute Gasteiger partial charge is 0.250 e. The van der Waals surface area contributed by atoms with Gasteiger partial charge in [-0.05, 0) is 12.1 Å². The molecule has 2 N–H and O–H groups in total. The number of nitrogens with zero attached hydrogens (tertiary/aromatic N) is 1. The molecular formula is C12H17N3O2S3. The normalized spacial score (nSPS) is 12.2. The summed E-state index contributed by atoms with van der Waals surface area (Å²) in [5.74, 6) is 0. The van der Waals surface area contributed by atoms with E-state index < -0.39 is 10.0 Å². The molecule has 0 spiro atoms. The molecule has 2 aromatic heterocycles. The van der Waals surface area contributed by atoms with Crippen LogP contribution in [0.2, 0.25) is 0 Å². The maximum absolute atomic E-state index is 12.1. The quantitative estimate of drug-likeness (QED) is 0.816. The van der Waals surface area contributed by atoms with Crippen LogP contribution in [-0.4, -0.2) is 19.4 Å². The first kappa shape index (κ1) is 15.6. The van der Waals surface area contributed by atoms with Crippen molar-refractivity contribution in [2.24, 2.45) is 0 Å². The van der Waals surface area contributed by atoms with Crippen LogP contribution in [-0.2, 0) is 23.1 Å². The molecule has 0 aliphatic rings. The summed E-state index contributed by atoms with van der Waals surface area (Å²) in [5, 5.41) is 5.10. The van der Waals surface area contributed by atoms with Gasteiger partial charge in [0.1, 0.15) is 4.21 Å². The summed E-state index contributed by atoms with van der Waals surface area (Å²) in [6, 6.07) is 3.86. The topological polar surface area (TPSA) is 71.1 Å². The Bertz CT molecular complexity index is 633. The minimum Gasteiger partial charge on any atom is -0.310 e. The third-order valence-electron chi connectivity index (χ3n) is 2.51. The third kappa shape index (κ3) is 4.35. The van der Waals surface area contributed by atoms with Gasteiger partial charge in [-0.25, -0.2) is 18.1 Å². The van der Waals surface area contributed by atoms with Crippen LogP contribution in [0.3, 0.4) is 0 Å². The lowest BCUT2D eigenvalue weighted by molar-refractivity contribution is 0.583. The van der Waals surface area contributed by atoms with E-state index in [1.165, 1.54) is 22.7 Å². The fourth-order valence-corrected chi connectivity index (χ4v) is 4.38. The molecule has 0 aromatic carbocycles.